The molecule has 1 saturated carbocycles. The Balaban J connectivity index is 2.17. The summed E-state index contributed by atoms with van der Waals surface area (Å²) in [4.78, 5) is 11.1. The number of amides is 1. The number of hydrogen-bond donors (Lipinski definition) is 1. The van der Waals surface area contributed by atoms with Crippen molar-refractivity contribution in [1.29, 1.82) is 0 Å². The van der Waals surface area contributed by atoms with Gasteiger partial charge in [-0.05, 0) is 18.8 Å². The molecule has 1 fully saturated rings. The second kappa shape index (κ2) is 3.24. The molecule has 2 heteroatoms. The fraction of sp³-hybridized carbons (Fsp3) is 0.889. The van der Waals surface area contributed by atoms with Gasteiger partial charge in [0.2, 0.25) is 5.91 Å². The number of nitrogens with one attached hydrogen (secondary N) is 1. The van der Waals surface area contributed by atoms with Crippen LogP contribution in [0.1, 0.15) is 33.6 Å². The molecule has 2 nitrogen and oxygen atoms in total. The maximum Gasteiger partial charge on any atom is 0.222 e. The number of rotatable bonds is 2. The summed E-state index contributed by atoms with van der Waals surface area (Å²) < 4.78 is 0. The Kier molecular flexibility index (Phi) is 2.53. The summed E-state index contributed by atoms with van der Waals surface area (Å²) in [5, 5.41) is 3.01. The van der Waals surface area contributed by atoms with Gasteiger partial charge in [-0.15, -0.1) is 0 Å². The second-order valence-electron chi connectivity index (χ2n) is 3.94. The molecule has 1 N–H and O–H groups in total. The van der Waals surface area contributed by atoms with Crippen molar-refractivity contribution >= 4 is 5.91 Å². The Morgan fingerprint density at radius 3 is 2.36 bits per heavy atom. The molecule has 0 atom stereocenters. The summed E-state index contributed by atoms with van der Waals surface area (Å²) in [6.07, 6.45) is 2.33. The van der Waals surface area contributed by atoms with Gasteiger partial charge in [0, 0.05) is 12.0 Å². The van der Waals surface area contributed by atoms with E-state index in [1.807, 2.05) is 13.8 Å². The molecule has 0 heterocycles. The lowest BCUT2D eigenvalue weighted by molar-refractivity contribution is -0.125. The quantitative estimate of drug-likeness (QED) is 0.644. The molecule has 11 heavy (non-hydrogen) atoms. The Labute approximate surface area is 68.4 Å². The van der Waals surface area contributed by atoms with Crippen LogP contribution in [0.2, 0.25) is 0 Å². The predicted molar refractivity (Wildman–Crippen MR) is 45.2 cm³/mol. The van der Waals surface area contributed by atoms with Crippen LogP contribution in [0.4, 0.5) is 0 Å². The zero-order valence-corrected chi connectivity index (χ0v) is 7.55. The first-order chi connectivity index (χ1) is 5.09. The van der Waals surface area contributed by atoms with Gasteiger partial charge < -0.3 is 5.32 Å². The molecule has 0 radical (unpaired) electrons. The SMILES string of the molecule is CC1CC(NC(=O)C(C)C)C1. The molecule has 0 unspecified atom stereocenters. The lowest BCUT2D eigenvalue weighted by Crippen LogP contribution is -2.44. The average molecular weight is 155 g/mol. The van der Waals surface area contributed by atoms with Crippen molar-refractivity contribution in [1.82, 2.24) is 5.32 Å². The first kappa shape index (κ1) is 8.57. The molecule has 0 aromatic carbocycles. The first-order valence-corrected chi connectivity index (χ1v) is 4.40. The molecule has 64 valence electrons. The van der Waals surface area contributed by atoms with Gasteiger partial charge in [0.15, 0.2) is 0 Å². The monoisotopic (exact) mass is 155 g/mol. The van der Waals surface area contributed by atoms with E-state index in [4.69, 9.17) is 0 Å². The van der Waals surface area contributed by atoms with Crippen LogP contribution in [0.3, 0.4) is 0 Å². The Morgan fingerprint density at radius 1 is 1.45 bits per heavy atom. The molecule has 0 bridgehead atoms. The molecular formula is C9H17NO. The highest BCUT2D eigenvalue weighted by Crippen LogP contribution is 2.26. The van der Waals surface area contributed by atoms with E-state index in [0.29, 0.717) is 6.04 Å². The van der Waals surface area contributed by atoms with E-state index in [-0.39, 0.29) is 11.8 Å². The molecule has 1 rings (SSSR count). The van der Waals surface area contributed by atoms with Crippen LogP contribution in [0, 0.1) is 11.8 Å². The van der Waals surface area contributed by atoms with Crippen molar-refractivity contribution in [3.8, 4) is 0 Å². The maximum absolute atomic E-state index is 11.1. The van der Waals surface area contributed by atoms with Gasteiger partial charge >= 0.3 is 0 Å². The molecule has 1 aliphatic rings. The third kappa shape index (κ3) is 2.21. The zero-order valence-electron chi connectivity index (χ0n) is 7.55. The van der Waals surface area contributed by atoms with Gasteiger partial charge in [-0.25, -0.2) is 0 Å². The van der Waals surface area contributed by atoms with E-state index in [1.54, 1.807) is 0 Å². The molecule has 0 aliphatic heterocycles. The van der Waals surface area contributed by atoms with Gasteiger partial charge in [0.05, 0.1) is 0 Å². The van der Waals surface area contributed by atoms with Crippen LogP contribution < -0.4 is 5.32 Å². The molecule has 1 amide bonds. The van der Waals surface area contributed by atoms with Gasteiger partial charge in [0.25, 0.3) is 0 Å². The van der Waals surface area contributed by atoms with Crippen LogP contribution in [0.5, 0.6) is 0 Å². The van der Waals surface area contributed by atoms with Crippen LogP contribution >= 0.6 is 0 Å². The Morgan fingerprint density at radius 2 is 2.00 bits per heavy atom. The van der Waals surface area contributed by atoms with E-state index >= 15 is 0 Å². The summed E-state index contributed by atoms with van der Waals surface area (Å²) in [5.74, 6) is 1.14. The number of hydrogen-bond acceptors (Lipinski definition) is 1. The van der Waals surface area contributed by atoms with Crippen LogP contribution in [-0.4, -0.2) is 11.9 Å². The van der Waals surface area contributed by atoms with Gasteiger partial charge in [-0.3, -0.25) is 4.79 Å². The smallest absolute Gasteiger partial charge is 0.222 e. The summed E-state index contributed by atoms with van der Waals surface area (Å²) >= 11 is 0. The number of carbonyl (C=O) groups excluding carboxylic acids is 1. The van der Waals surface area contributed by atoms with E-state index in [2.05, 4.69) is 12.2 Å². The minimum absolute atomic E-state index is 0.130. The molecule has 0 aromatic rings. The molecule has 0 saturated heterocycles. The van der Waals surface area contributed by atoms with E-state index < -0.39 is 0 Å². The van der Waals surface area contributed by atoms with Crippen molar-refractivity contribution < 1.29 is 4.79 Å². The van der Waals surface area contributed by atoms with Crippen LogP contribution in [-0.2, 0) is 4.79 Å². The van der Waals surface area contributed by atoms with Crippen LogP contribution in [0.15, 0.2) is 0 Å². The fourth-order valence-electron chi connectivity index (χ4n) is 1.39. The van der Waals surface area contributed by atoms with Crippen molar-refractivity contribution in [3.05, 3.63) is 0 Å². The summed E-state index contributed by atoms with van der Waals surface area (Å²) in [6.45, 7) is 6.08. The fourth-order valence-corrected chi connectivity index (χ4v) is 1.39. The lowest BCUT2D eigenvalue weighted by atomic mass is 9.82. The van der Waals surface area contributed by atoms with Gasteiger partial charge in [-0.2, -0.15) is 0 Å². The maximum atomic E-state index is 11.1. The van der Waals surface area contributed by atoms with Crippen LogP contribution in [0.25, 0.3) is 0 Å². The molecule has 0 aromatic heterocycles. The highest BCUT2D eigenvalue weighted by molar-refractivity contribution is 5.78. The summed E-state index contributed by atoms with van der Waals surface area (Å²) in [6, 6.07) is 0.472. The van der Waals surface area contributed by atoms with Crippen molar-refractivity contribution in [2.24, 2.45) is 11.8 Å². The minimum Gasteiger partial charge on any atom is -0.353 e. The van der Waals surface area contributed by atoms with Crippen molar-refractivity contribution in [2.45, 2.75) is 39.7 Å². The molecule has 1 aliphatic carbocycles. The summed E-state index contributed by atoms with van der Waals surface area (Å²) in [7, 11) is 0. The normalized spacial score (nSPS) is 29.8. The van der Waals surface area contributed by atoms with Gasteiger partial charge in [-0.1, -0.05) is 20.8 Å². The van der Waals surface area contributed by atoms with E-state index in [1.165, 1.54) is 12.8 Å². The first-order valence-electron chi connectivity index (χ1n) is 4.40. The van der Waals surface area contributed by atoms with Crippen molar-refractivity contribution in [2.75, 3.05) is 0 Å². The topological polar surface area (TPSA) is 29.1 Å². The van der Waals surface area contributed by atoms with Gasteiger partial charge in [0.1, 0.15) is 0 Å². The van der Waals surface area contributed by atoms with E-state index in [0.717, 1.165) is 5.92 Å². The Hall–Kier alpha value is -0.530. The largest absolute Gasteiger partial charge is 0.353 e. The second-order valence-corrected chi connectivity index (χ2v) is 3.94. The minimum atomic E-state index is 0.130. The highest BCUT2D eigenvalue weighted by atomic mass is 16.1. The average Bonchev–Trinajstić information content (AvgIpc) is 1.84. The third-order valence-electron chi connectivity index (χ3n) is 2.24. The summed E-state index contributed by atoms with van der Waals surface area (Å²) in [5.41, 5.74) is 0. The standard InChI is InChI=1S/C9H17NO/c1-6(2)9(11)10-8-4-7(3)5-8/h6-8H,4-5H2,1-3H3,(H,10,11). The highest BCUT2D eigenvalue weighted by Gasteiger charge is 2.26. The Bertz CT molecular complexity index is 148. The van der Waals surface area contributed by atoms with E-state index in [9.17, 15) is 4.79 Å². The number of carbonyl (C=O) groups is 1. The third-order valence-corrected chi connectivity index (χ3v) is 2.24. The predicted octanol–water partition coefficient (Wildman–Crippen LogP) is 1.56. The molecular weight excluding hydrogens is 138 g/mol. The van der Waals surface area contributed by atoms with Crippen molar-refractivity contribution in [3.63, 3.8) is 0 Å². The zero-order chi connectivity index (χ0) is 8.43. The lowest BCUT2D eigenvalue weighted by Gasteiger charge is -2.33. The molecule has 0 spiro atoms.